The van der Waals surface area contributed by atoms with Gasteiger partial charge in [0.05, 0.1) is 5.69 Å². The van der Waals surface area contributed by atoms with Crippen LogP contribution in [0, 0.1) is 5.41 Å². The van der Waals surface area contributed by atoms with Crippen LogP contribution in [0.1, 0.15) is 51.0 Å². The minimum atomic E-state index is -0.806. The number of aliphatic carboxylic acids is 1. The Labute approximate surface area is 112 Å². The van der Waals surface area contributed by atoms with Crippen molar-refractivity contribution in [2.45, 2.75) is 52.5 Å². The molecule has 0 fully saturated rings. The first-order chi connectivity index (χ1) is 8.29. The van der Waals surface area contributed by atoms with Crippen LogP contribution in [-0.4, -0.2) is 20.6 Å². The third kappa shape index (κ3) is 2.53. The smallest absolute Gasteiger partial charge is 0.312 e. The highest BCUT2D eigenvalue weighted by Gasteiger charge is 2.32. The molecule has 0 aliphatic carbocycles. The molecular weight excluding hydrogens is 252 g/mol. The Bertz CT molecular complexity index is 474. The fourth-order valence-corrected chi connectivity index (χ4v) is 2.83. The molecule has 2 rings (SSSR count). The van der Waals surface area contributed by atoms with E-state index in [-0.39, 0.29) is 5.41 Å². The van der Waals surface area contributed by atoms with Crippen molar-refractivity contribution >= 4 is 17.6 Å². The molecule has 1 aliphatic heterocycles. The summed E-state index contributed by atoms with van der Waals surface area (Å²) in [4.78, 5) is 15.6. The third-order valence-electron chi connectivity index (χ3n) is 3.23. The first-order valence-corrected chi connectivity index (χ1v) is 6.65. The maximum Gasteiger partial charge on any atom is 0.312 e. The largest absolute Gasteiger partial charge is 0.481 e. The van der Waals surface area contributed by atoms with Gasteiger partial charge in [-0.3, -0.25) is 4.79 Å². The van der Waals surface area contributed by atoms with Gasteiger partial charge in [-0.1, -0.05) is 32.4 Å². The molecule has 0 bridgehead atoms. The minimum Gasteiger partial charge on any atom is -0.481 e. The molecule has 0 saturated heterocycles. The molecule has 1 aromatic heterocycles. The van der Waals surface area contributed by atoms with E-state index in [4.69, 9.17) is 11.6 Å². The normalized spacial score (nSPS) is 19.7. The zero-order valence-electron chi connectivity index (χ0n) is 11.0. The molecule has 1 aromatic rings. The van der Waals surface area contributed by atoms with E-state index in [0.717, 1.165) is 25.2 Å². The van der Waals surface area contributed by atoms with E-state index in [2.05, 4.69) is 25.8 Å². The molecule has 0 saturated carbocycles. The average Bonchev–Trinajstić information content (AvgIpc) is 2.53. The first kappa shape index (κ1) is 13.4. The number of hydrogen-bond donors (Lipinski definition) is 1. The number of carbonyl (C=O) groups is 1. The molecule has 5 heteroatoms. The minimum absolute atomic E-state index is 0.113. The van der Waals surface area contributed by atoms with Crippen LogP contribution in [0.2, 0.25) is 5.15 Å². The molecule has 4 nitrogen and oxygen atoms in total. The number of rotatable bonds is 2. The van der Waals surface area contributed by atoms with Crippen LogP contribution in [0.25, 0.3) is 0 Å². The lowest BCUT2D eigenvalue weighted by Gasteiger charge is -2.24. The van der Waals surface area contributed by atoms with Crippen LogP contribution >= 0.6 is 11.6 Å². The van der Waals surface area contributed by atoms with Crippen molar-refractivity contribution in [3.05, 3.63) is 16.7 Å². The van der Waals surface area contributed by atoms with Gasteiger partial charge in [-0.15, -0.1) is 0 Å². The summed E-state index contributed by atoms with van der Waals surface area (Å²) in [6, 6.07) is 0. The predicted molar refractivity (Wildman–Crippen MR) is 70.0 cm³/mol. The molecule has 2 heterocycles. The van der Waals surface area contributed by atoms with Crippen molar-refractivity contribution in [2.75, 3.05) is 0 Å². The van der Waals surface area contributed by atoms with E-state index in [1.165, 1.54) is 0 Å². The summed E-state index contributed by atoms with van der Waals surface area (Å²) < 4.78 is 2.01. The Morgan fingerprint density at radius 1 is 1.56 bits per heavy atom. The molecule has 0 spiro atoms. The van der Waals surface area contributed by atoms with E-state index >= 15 is 0 Å². The van der Waals surface area contributed by atoms with Gasteiger partial charge in [0.2, 0.25) is 0 Å². The number of nitrogens with zero attached hydrogens (tertiary/aromatic N) is 2. The first-order valence-electron chi connectivity index (χ1n) is 6.27. The van der Waals surface area contributed by atoms with Crippen LogP contribution < -0.4 is 0 Å². The van der Waals surface area contributed by atoms with E-state index in [1.54, 1.807) is 0 Å². The van der Waals surface area contributed by atoms with Crippen LogP contribution in [0.3, 0.4) is 0 Å². The maximum absolute atomic E-state index is 11.3. The summed E-state index contributed by atoms with van der Waals surface area (Å²) in [6.07, 6.45) is 2.32. The maximum atomic E-state index is 11.3. The van der Waals surface area contributed by atoms with Gasteiger partial charge >= 0.3 is 5.97 Å². The Morgan fingerprint density at radius 3 is 2.78 bits per heavy atom. The van der Waals surface area contributed by atoms with Gasteiger partial charge in [-0.2, -0.15) is 0 Å². The number of carboxylic acid groups (broad SMARTS) is 1. The van der Waals surface area contributed by atoms with Gasteiger partial charge in [0.15, 0.2) is 5.15 Å². The average molecular weight is 271 g/mol. The molecule has 0 aromatic carbocycles. The zero-order chi connectivity index (χ0) is 13.5. The Morgan fingerprint density at radius 2 is 2.22 bits per heavy atom. The second-order valence-electron chi connectivity index (χ2n) is 6.13. The molecule has 1 aliphatic rings. The Balaban J connectivity index is 2.42. The van der Waals surface area contributed by atoms with Gasteiger partial charge in [-0.05, 0) is 18.3 Å². The topological polar surface area (TPSA) is 55.1 Å². The molecule has 1 unspecified atom stereocenters. The van der Waals surface area contributed by atoms with Gasteiger partial charge in [-0.25, -0.2) is 4.98 Å². The number of aromatic nitrogens is 2. The highest BCUT2D eigenvalue weighted by Crippen LogP contribution is 2.35. The molecule has 0 radical (unpaired) electrons. The quantitative estimate of drug-likeness (QED) is 0.898. The van der Waals surface area contributed by atoms with Gasteiger partial charge in [0, 0.05) is 13.0 Å². The van der Waals surface area contributed by atoms with Crippen LogP contribution in [0.4, 0.5) is 0 Å². The second-order valence-corrected chi connectivity index (χ2v) is 6.48. The van der Waals surface area contributed by atoms with Crippen molar-refractivity contribution < 1.29 is 9.90 Å². The van der Waals surface area contributed by atoms with Crippen molar-refractivity contribution in [1.82, 2.24) is 9.55 Å². The highest BCUT2D eigenvalue weighted by atomic mass is 35.5. The third-order valence-corrected chi connectivity index (χ3v) is 3.51. The fourth-order valence-electron chi connectivity index (χ4n) is 2.50. The van der Waals surface area contributed by atoms with Gasteiger partial charge < -0.3 is 9.67 Å². The van der Waals surface area contributed by atoms with Crippen molar-refractivity contribution in [3.8, 4) is 0 Å². The fraction of sp³-hybridized carbons (Fsp3) is 0.692. The highest BCUT2D eigenvalue weighted by molar-refractivity contribution is 6.30. The van der Waals surface area contributed by atoms with Gasteiger partial charge in [0.1, 0.15) is 11.7 Å². The summed E-state index contributed by atoms with van der Waals surface area (Å²) in [5.41, 5.74) is 0.802. The van der Waals surface area contributed by atoms with Crippen LogP contribution in [0.15, 0.2) is 0 Å². The molecule has 100 valence electrons. The van der Waals surface area contributed by atoms with Gasteiger partial charge in [0.25, 0.3) is 0 Å². The number of carboxylic acids is 1. The number of imidazole rings is 1. The SMILES string of the molecule is CC(C)(C)Cc1nc(Cl)c2n1CCCC2C(=O)O. The van der Waals surface area contributed by atoms with E-state index in [9.17, 15) is 9.90 Å². The molecule has 0 amide bonds. The van der Waals surface area contributed by atoms with E-state index in [0.29, 0.717) is 17.3 Å². The second kappa shape index (κ2) is 4.57. The number of fused-ring (bicyclic) bond motifs is 1. The lowest BCUT2D eigenvalue weighted by Crippen LogP contribution is -2.24. The number of halogens is 1. The molecule has 18 heavy (non-hydrogen) atoms. The predicted octanol–water partition coefficient (Wildman–Crippen LogP) is 3.09. The van der Waals surface area contributed by atoms with Crippen LogP contribution in [0.5, 0.6) is 0 Å². The van der Waals surface area contributed by atoms with Crippen molar-refractivity contribution in [2.24, 2.45) is 5.41 Å². The Kier molecular flexibility index (Phi) is 3.41. The van der Waals surface area contributed by atoms with E-state index < -0.39 is 11.9 Å². The monoisotopic (exact) mass is 270 g/mol. The molecule has 1 N–H and O–H groups in total. The van der Waals surface area contributed by atoms with Crippen molar-refractivity contribution in [3.63, 3.8) is 0 Å². The zero-order valence-corrected chi connectivity index (χ0v) is 11.8. The van der Waals surface area contributed by atoms with Crippen LogP contribution in [-0.2, 0) is 17.8 Å². The van der Waals surface area contributed by atoms with Crippen molar-refractivity contribution in [1.29, 1.82) is 0 Å². The summed E-state index contributed by atoms with van der Waals surface area (Å²) in [6.45, 7) is 7.24. The summed E-state index contributed by atoms with van der Waals surface area (Å²) in [7, 11) is 0. The standard InChI is InChI=1S/C13H19ClN2O2/c1-13(2,3)7-9-15-11(14)10-8(12(17)18)5-4-6-16(9)10/h8H,4-7H2,1-3H3,(H,17,18). The Hall–Kier alpha value is -1.03. The number of hydrogen-bond acceptors (Lipinski definition) is 2. The summed E-state index contributed by atoms with van der Waals surface area (Å²) in [5, 5.41) is 9.61. The summed E-state index contributed by atoms with van der Waals surface area (Å²) >= 11 is 6.14. The summed E-state index contributed by atoms with van der Waals surface area (Å²) in [5.74, 6) is -0.402. The molecule has 1 atom stereocenters. The van der Waals surface area contributed by atoms with E-state index in [1.807, 2.05) is 4.57 Å². The lowest BCUT2D eigenvalue weighted by atomic mass is 9.91. The lowest BCUT2D eigenvalue weighted by molar-refractivity contribution is -0.139. The molecular formula is C13H19ClN2O2.